The standard InChI is InChI=1S/C16H22N4/c1-2-6-20-7-5-18-16(20)9-13-8-14(11-17-10-13)12-19-15-3-4-15/h5,7-8,10-11,15,19H,2-4,6,9,12H2,1H3. The van der Waals surface area contributed by atoms with Gasteiger partial charge in [0.1, 0.15) is 5.82 Å². The second-order valence-electron chi connectivity index (χ2n) is 5.57. The van der Waals surface area contributed by atoms with Crippen LogP contribution in [0, 0.1) is 0 Å². The molecule has 1 aliphatic carbocycles. The van der Waals surface area contributed by atoms with E-state index in [1.165, 1.54) is 24.0 Å². The third-order valence-electron chi connectivity index (χ3n) is 3.65. The summed E-state index contributed by atoms with van der Waals surface area (Å²) in [4.78, 5) is 8.83. The molecular weight excluding hydrogens is 248 g/mol. The Kier molecular flexibility index (Phi) is 4.11. The Labute approximate surface area is 120 Å². The Morgan fingerprint density at radius 2 is 2.15 bits per heavy atom. The lowest BCUT2D eigenvalue weighted by molar-refractivity contribution is 0.646. The van der Waals surface area contributed by atoms with Crippen LogP contribution < -0.4 is 5.32 Å². The summed E-state index contributed by atoms with van der Waals surface area (Å²) in [6.07, 6.45) is 12.5. The first-order chi connectivity index (χ1) is 9.85. The Hall–Kier alpha value is -1.68. The van der Waals surface area contributed by atoms with Crippen molar-refractivity contribution in [2.75, 3.05) is 0 Å². The number of hydrogen-bond donors (Lipinski definition) is 1. The van der Waals surface area contributed by atoms with Gasteiger partial charge in [-0.1, -0.05) is 13.0 Å². The lowest BCUT2D eigenvalue weighted by atomic mass is 10.1. The molecule has 0 unspecified atom stereocenters. The predicted octanol–water partition coefficient (Wildman–Crippen LogP) is 2.53. The molecule has 2 aromatic heterocycles. The van der Waals surface area contributed by atoms with E-state index in [-0.39, 0.29) is 0 Å². The molecule has 0 saturated heterocycles. The minimum atomic E-state index is 0.738. The lowest BCUT2D eigenvalue weighted by Crippen LogP contribution is -2.15. The highest BCUT2D eigenvalue weighted by Gasteiger charge is 2.19. The van der Waals surface area contributed by atoms with E-state index in [4.69, 9.17) is 0 Å². The van der Waals surface area contributed by atoms with Gasteiger partial charge in [-0.25, -0.2) is 4.98 Å². The first-order valence-electron chi connectivity index (χ1n) is 7.51. The summed E-state index contributed by atoms with van der Waals surface area (Å²) < 4.78 is 2.23. The highest BCUT2D eigenvalue weighted by Crippen LogP contribution is 2.19. The van der Waals surface area contributed by atoms with Gasteiger partial charge in [0.2, 0.25) is 0 Å². The van der Waals surface area contributed by atoms with Crippen LogP contribution in [0.3, 0.4) is 0 Å². The van der Waals surface area contributed by atoms with Crippen molar-refractivity contribution in [2.24, 2.45) is 0 Å². The van der Waals surface area contributed by atoms with Gasteiger partial charge in [0.15, 0.2) is 0 Å². The fourth-order valence-corrected chi connectivity index (χ4v) is 2.42. The number of nitrogens with zero attached hydrogens (tertiary/aromatic N) is 3. The van der Waals surface area contributed by atoms with Gasteiger partial charge in [-0.3, -0.25) is 4.98 Å². The minimum Gasteiger partial charge on any atom is -0.335 e. The fourth-order valence-electron chi connectivity index (χ4n) is 2.42. The summed E-state index contributed by atoms with van der Waals surface area (Å²) in [6, 6.07) is 2.98. The van der Waals surface area contributed by atoms with Crippen LogP contribution in [-0.2, 0) is 19.5 Å². The molecule has 106 valence electrons. The van der Waals surface area contributed by atoms with E-state index in [0.717, 1.165) is 37.8 Å². The molecule has 2 aromatic rings. The summed E-state index contributed by atoms with van der Waals surface area (Å²) >= 11 is 0. The number of hydrogen-bond acceptors (Lipinski definition) is 3. The molecule has 1 saturated carbocycles. The van der Waals surface area contributed by atoms with Crippen molar-refractivity contribution in [3.63, 3.8) is 0 Å². The predicted molar refractivity (Wildman–Crippen MR) is 79.4 cm³/mol. The number of nitrogens with one attached hydrogen (secondary N) is 1. The van der Waals surface area contributed by atoms with Crippen molar-refractivity contribution in [3.05, 3.63) is 47.8 Å². The van der Waals surface area contributed by atoms with Crippen molar-refractivity contribution < 1.29 is 0 Å². The maximum Gasteiger partial charge on any atom is 0.113 e. The van der Waals surface area contributed by atoms with Crippen molar-refractivity contribution >= 4 is 0 Å². The van der Waals surface area contributed by atoms with Gasteiger partial charge >= 0.3 is 0 Å². The molecule has 3 rings (SSSR count). The Morgan fingerprint density at radius 3 is 2.95 bits per heavy atom. The highest BCUT2D eigenvalue weighted by atomic mass is 15.1. The molecule has 0 radical (unpaired) electrons. The number of pyridine rings is 1. The van der Waals surface area contributed by atoms with Crippen LogP contribution in [0.15, 0.2) is 30.9 Å². The molecule has 1 fully saturated rings. The molecule has 0 amide bonds. The van der Waals surface area contributed by atoms with Crippen LogP contribution in [-0.4, -0.2) is 20.6 Å². The smallest absolute Gasteiger partial charge is 0.113 e. The van der Waals surface area contributed by atoms with Crippen molar-refractivity contribution in [1.29, 1.82) is 0 Å². The van der Waals surface area contributed by atoms with E-state index < -0.39 is 0 Å². The van der Waals surface area contributed by atoms with Crippen LogP contribution in [0.1, 0.15) is 43.1 Å². The van der Waals surface area contributed by atoms with Crippen molar-refractivity contribution in [3.8, 4) is 0 Å². The van der Waals surface area contributed by atoms with Crippen molar-refractivity contribution in [1.82, 2.24) is 19.9 Å². The fraction of sp³-hybridized carbons (Fsp3) is 0.500. The maximum absolute atomic E-state index is 4.46. The zero-order valence-corrected chi connectivity index (χ0v) is 12.0. The van der Waals surface area contributed by atoms with E-state index in [9.17, 15) is 0 Å². The van der Waals surface area contributed by atoms with Crippen LogP contribution in [0.25, 0.3) is 0 Å². The van der Waals surface area contributed by atoms with Gasteiger partial charge in [-0.15, -0.1) is 0 Å². The zero-order chi connectivity index (χ0) is 13.8. The van der Waals surface area contributed by atoms with Gasteiger partial charge in [0.05, 0.1) is 0 Å². The summed E-state index contributed by atoms with van der Waals surface area (Å²) in [5, 5.41) is 3.53. The number of aromatic nitrogens is 3. The van der Waals surface area contributed by atoms with E-state index in [2.05, 4.69) is 39.0 Å². The third-order valence-corrected chi connectivity index (χ3v) is 3.65. The molecule has 1 aliphatic rings. The van der Waals surface area contributed by atoms with E-state index in [1.807, 2.05) is 18.6 Å². The zero-order valence-electron chi connectivity index (χ0n) is 12.0. The van der Waals surface area contributed by atoms with E-state index >= 15 is 0 Å². The molecule has 0 spiro atoms. The molecule has 2 heterocycles. The number of rotatable bonds is 7. The third kappa shape index (κ3) is 3.45. The molecule has 0 aliphatic heterocycles. The largest absolute Gasteiger partial charge is 0.335 e. The highest BCUT2D eigenvalue weighted by molar-refractivity contribution is 5.21. The maximum atomic E-state index is 4.46. The number of aryl methyl sites for hydroxylation is 1. The normalized spacial score (nSPS) is 14.7. The average Bonchev–Trinajstić information content (AvgIpc) is 3.20. The molecule has 20 heavy (non-hydrogen) atoms. The lowest BCUT2D eigenvalue weighted by Gasteiger charge is -2.08. The molecule has 1 N–H and O–H groups in total. The topological polar surface area (TPSA) is 42.7 Å². The Balaban J connectivity index is 1.66. The Morgan fingerprint density at radius 1 is 1.30 bits per heavy atom. The average molecular weight is 270 g/mol. The Bertz CT molecular complexity index is 557. The van der Waals surface area contributed by atoms with Gasteiger partial charge < -0.3 is 9.88 Å². The second-order valence-corrected chi connectivity index (χ2v) is 5.57. The van der Waals surface area contributed by atoms with Gasteiger partial charge in [-0.2, -0.15) is 0 Å². The van der Waals surface area contributed by atoms with E-state index in [1.54, 1.807) is 0 Å². The van der Waals surface area contributed by atoms with Gasteiger partial charge in [0, 0.05) is 50.3 Å². The van der Waals surface area contributed by atoms with Gasteiger partial charge in [-0.05, 0) is 30.4 Å². The van der Waals surface area contributed by atoms with Gasteiger partial charge in [0.25, 0.3) is 0 Å². The molecular formula is C16H22N4. The summed E-state index contributed by atoms with van der Waals surface area (Å²) in [5.41, 5.74) is 2.51. The molecule has 4 heteroatoms. The van der Waals surface area contributed by atoms with E-state index in [0.29, 0.717) is 0 Å². The molecule has 0 bridgehead atoms. The second kappa shape index (κ2) is 6.18. The summed E-state index contributed by atoms with van der Waals surface area (Å²) in [7, 11) is 0. The van der Waals surface area contributed by atoms with Crippen LogP contribution in [0.5, 0.6) is 0 Å². The summed E-state index contributed by atoms with van der Waals surface area (Å²) in [6.45, 7) is 4.15. The molecule has 4 nitrogen and oxygen atoms in total. The molecule has 0 atom stereocenters. The van der Waals surface area contributed by atoms with Crippen LogP contribution in [0.4, 0.5) is 0 Å². The quantitative estimate of drug-likeness (QED) is 0.840. The first-order valence-corrected chi connectivity index (χ1v) is 7.51. The SMILES string of the molecule is CCCn1ccnc1Cc1cncc(CNC2CC2)c1. The summed E-state index contributed by atoms with van der Waals surface area (Å²) in [5.74, 6) is 1.13. The first kappa shape index (κ1) is 13.3. The monoisotopic (exact) mass is 270 g/mol. The van der Waals surface area contributed by atoms with Crippen LogP contribution in [0.2, 0.25) is 0 Å². The van der Waals surface area contributed by atoms with Crippen LogP contribution >= 0.6 is 0 Å². The minimum absolute atomic E-state index is 0.738. The number of imidazole rings is 1. The van der Waals surface area contributed by atoms with Crippen molar-refractivity contribution in [2.45, 2.75) is 51.7 Å². The molecule has 0 aromatic carbocycles.